The minimum atomic E-state index is -4.84. The molecule has 8 N–H and O–H groups in total. The van der Waals surface area contributed by atoms with Crippen LogP contribution in [0.1, 0.15) is 13.2 Å². The number of aromatic nitrogens is 4. The van der Waals surface area contributed by atoms with Gasteiger partial charge < -0.3 is 40.3 Å². The Morgan fingerprint density at radius 1 is 1.27 bits per heavy atom. The Morgan fingerprint density at radius 3 is 2.58 bits per heavy atom. The van der Waals surface area contributed by atoms with Crippen molar-refractivity contribution in [3.63, 3.8) is 0 Å². The first-order valence-corrected chi connectivity index (χ1v) is 10.8. The van der Waals surface area contributed by atoms with E-state index in [0.29, 0.717) is 0 Å². The summed E-state index contributed by atoms with van der Waals surface area (Å²) in [5.74, 6) is -1.60. The highest BCUT2D eigenvalue weighted by atomic mass is 31.2. The van der Waals surface area contributed by atoms with Crippen LogP contribution in [0.25, 0.3) is 11.2 Å². The maximum Gasteiger partial charge on any atom is 0.469 e. The van der Waals surface area contributed by atoms with Crippen LogP contribution in [0.2, 0.25) is 0 Å². The molecule has 6 unspecified atom stereocenters. The number of urea groups is 1. The number of hydrogen-bond donors (Lipinski definition) is 8. The number of rotatable bonds is 8. The Morgan fingerprint density at radius 2 is 1.97 bits per heavy atom. The lowest BCUT2D eigenvalue weighted by Crippen LogP contribution is -2.49. The highest BCUT2D eigenvalue weighted by Crippen LogP contribution is 2.38. The number of carboxylic acids is 1. The van der Waals surface area contributed by atoms with Gasteiger partial charge in [0.25, 0.3) is 0 Å². The summed E-state index contributed by atoms with van der Waals surface area (Å²) < 4.78 is 21.9. The van der Waals surface area contributed by atoms with Crippen LogP contribution >= 0.6 is 7.82 Å². The Kier molecular flexibility index (Phi) is 7.25. The van der Waals surface area contributed by atoms with Crippen LogP contribution in [0.3, 0.4) is 0 Å². The van der Waals surface area contributed by atoms with Gasteiger partial charge in [0.1, 0.15) is 24.6 Å². The number of anilines is 1. The standard InChI is InChI=1S/C15H21N6O11P/c1-5(22)7(14(25)26)19-15(27)20-11-8-12(17-3-16-11)21(4-18-8)13-10(24)9(23)6(32-13)2-31-33(28,29)30/h3-7,9-10,13,22-24H,2H2,1H3,(H,25,26)(H2,28,29,30)(H2,16,17,19,20,27). The predicted molar refractivity (Wildman–Crippen MR) is 105 cm³/mol. The minimum absolute atomic E-state index is 0.0109. The molecule has 1 aliphatic heterocycles. The van der Waals surface area contributed by atoms with Gasteiger partial charge in [-0.25, -0.2) is 29.1 Å². The summed E-state index contributed by atoms with van der Waals surface area (Å²) in [6, 6.07) is -2.59. The van der Waals surface area contributed by atoms with E-state index >= 15 is 0 Å². The molecule has 1 fully saturated rings. The minimum Gasteiger partial charge on any atom is -0.480 e. The molecule has 1 saturated heterocycles. The number of nitrogens with one attached hydrogen (secondary N) is 2. The fraction of sp³-hybridized carbons (Fsp3) is 0.533. The van der Waals surface area contributed by atoms with Crippen molar-refractivity contribution >= 4 is 36.8 Å². The maximum atomic E-state index is 12.2. The molecule has 2 aromatic heterocycles. The van der Waals surface area contributed by atoms with E-state index in [1.807, 2.05) is 0 Å². The van der Waals surface area contributed by atoms with E-state index in [1.54, 1.807) is 0 Å². The maximum absolute atomic E-state index is 12.2. The zero-order valence-corrected chi connectivity index (χ0v) is 17.7. The quantitative estimate of drug-likeness (QED) is 0.177. The third-order valence-electron chi connectivity index (χ3n) is 4.64. The molecule has 0 spiro atoms. The van der Waals surface area contributed by atoms with Crippen molar-refractivity contribution in [1.29, 1.82) is 0 Å². The van der Waals surface area contributed by atoms with Crippen LogP contribution in [-0.4, -0.2) is 98.8 Å². The van der Waals surface area contributed by atoms with Crippen LogP contribution in [0.4, 0.5) is 10.6 Å². The van der Waals surface area contributed by atoms with Gasteiger partial charge in [-0.1, -0.05) is 0 Å². The number of carbonyl (C=O) groups excluding carboxylic acids is 1. The smallest absolute Gasteiger partial charge is 0.469 e. The lowest BCUT2D eigenvalue weighted by atomic mass is 10.1. The third kappa shape index (κ3) is 5.60. The predicted octanol–water partition coefficient (Wildman–Crippen LogP) is -2.49. The Bertz CT molecular complexity index is 1070. The first-order valence-electron chi connectivity index (χ1n) is 9.26. The second kappa shape index (κ2) is 9.62. The molecule has 0 saturated carbocycles. The molecule has 1 aliphatic rings. The largest absolute Gasteiger partial charge is 0.480 e. The molecule has 182 valence electrons. The zero-order chi connectivity index (χ0) is 24.5. The van der Waals surface area contributed by atoms with Crippen molar-refractivity contribution < 1.29 is 53.6 Å². The van der Waals surface area contributed by atoms with Crippen molar-refractivity contribution in [1.82, 2.24) is 24.8 Å². The van der Waals surface area contributed by atoms with Gasteiger partial charge in [-0.3, -0.25) is 14.4 Å². The van der Waals surface area contributed by atoms with E-state index in [0.717, 1.165) is 12.7 Å². The van der Waals surface area contributed by atoms with Gasteiger partial charge in [0.05, 0.1) is 19.0 Å². The molecule has 2 aromatic rings. The number of aliphatic hydroxyl groups excluding tert-OH is 3. The Labute approximate surface area is 184 Å². The monoisotopic (exact) mass is 492 g/mol. The van der Waals surface area contributed by atoms with Crippen molar-refractivity contribution in [3.8, 4) is 0 Å². The van der Waals surface area contributed by atoms with Crippen molar-refractivity contribution in [2.75, 3.05) is 11.9 Å². The fourth-order valence-corrected chi connectivity index (χ4v) is 3.41. The number of hydrogen-bond acceptors (Lipinski definition) is 11. The number of aliphatic hydroxyl groups is 3. The molecule has 18 heteroatoms. The molecular weight excluding hydrogens is 471 g/mol. The van der Waals surface area contributed by atoms with E-state index in [9.17, 15) is 29.5 Å². The van der Waals surface area contributed by atoms with Gasteiger partial charge in [0.15, 0.2) is 29.3 Å². The van der Waals surface area contributed by atoms with Crippen LogP contribution in [0.5, 0.6) is 0 Å². The summed E-state index contributed by atoms with van der Waals surface area (Å²) in [6.45, 7) is 0.477. The molecule has 3 heterocycles. The highest BCUT2D eigenvalue weighted by molar-refractivity contribution is 7.46. The normalized spacial score (nSPS) is 25.0. The SMILES string of the molecule is CC(O)C(NC(=O)Nc1ncnc2c1ncn2C1OC(COP(=O)(O)O)C(O)C1O)C(=O)O. The number of ether oxygens (including phenoxy) is 1. The molecule has 0 aromatic carbocycles. The number of carbonyl (C=O) groups is 2. The number of fused-ring (bicyclic) bond motifs is 1. The van der Waals surface area contributed by atoms with Crippen LogP contribution in [-0.2, 0) is 18.6 Å². The molecule has 33 heavy (non-hydrogen) atoms. The summed E-state index contributed by atoms with van der Waals surface area (Å²) in [5.41, 5.74) is 0.0511. The van der Waals surface area contributed by atoms with E-state index in [-0.39, 0.29) is 17.0 Å². The highest BCUT2D eigenvalue weighted by Gasteiger charge is 2.45. The molecular formula is C15H21N6O11P. The lowest BCUT2D eigenvalue weighted by molar-refractivity contribution is -0.141. The summed E-state index contributed by atoms with van der Waals surface area (Å²) >= 11 is 0. The van der Waals surface area contributed by atoms with Crippen LogP contribution < -0.4 is 10.6 Å². The first-order chi connectivity index (χ1) is 15.4. The number of phosphoric ester groups is 1. The summed E-state index contributed by atoms with van der Waals surface area (Å²) in [7, 11) is -4.84. The van der Waals surface area contributed by atoms with Crippen molar-refractivity contribution in [2.45, 2.75) is 43.6 Å². The van der Waals surface area contributed by atoms with Crippen LogP contribution in [0.15, 0.2) is 12.7 Å². The van der Waals surface area contributed by atoms with E-state index in [4.69, 9.17) is 19.6 Å². The molecule has 6 atom stereocenters. The molecule has 2 amide bonds. The van der Waals surface area contributed by atoms with E-state index in [2.05, 4.69) is 30.1 Å². The van der Waals surface area contributed by atoms with Gasteiger partial charge in [0, 0.05) is 0 Å². The lowest BCUT2D eigenvalue weighted by Gasteiger charge is -2.17. The first kappa shape index (κ1) is 24.9. The second-order valence-corrected chi connectivity index (χ2v) is 8.27. The van der Waals surface area contributed by atoms with Crippen molar-refractivity contribution in [3.05, 3.63) is 12.7 Å². The molecule has 0 bridgehead atoms. The molecule has 0 radical (unpaired) electrons. The topological polar surface area (TPSA) is 259 Å². The van der Waals surface area contributed by atoms with Gasteiger partial charge in [-0.2, -0.15) is 0 Å². The summed E-state index contributed by atoms with van der Waals surface area (Å²) in [6.07, 6.45) is -4.86. The number of imidazole rings is 1. The van der Waals surface area contributed by atoms with Gasteiger partial charge in [-0.15, -0.1) is 0 Å². The number of phosphoric acid groups is 1. The van der Waals surface area contributed by atoms with Gasteiger partial charge in [-0.05, 0) is 6.92 Å². The second-order valence-electron chi connectivity index (χ2n) is 7.03. The number of carboxylic acid groups (broad SMARTS) is 1. The third-order valence-corrected chi connectivity index (χ3v) is 5.13. The summed E-state index contributed by atoms with van der Waals surface area (Å²) in [5, 5.41) is 43.3. The average Bonchev–Trinajstić information content (AvgIpc) is 3.26. The zero-order valence-electron chi connectivity index (χ0n) is 16.8. The summed E-state index contributed by atoms with van der Waals surface area (Å²) in [4.78, 5) is 52.8. The Hall–Kier alpha value is -2.76. The fourth-order valence-electron chi connectivity index (χ4n) is 3.07. The van der Waals surface area contributed by atoms with Gasteiger partial charge in [0.2, 0.25) is 0 Å². The van der Waals surface area contributed by atoms with E-state index in [1.165, 1.54) is 11.5 Å². The molecule has 3 rings (SSSR count). The molecule has 0 aliphatic carbocycles. The van der Waals surface area contributed by atoms with Gasteiger partial charge >= 0.3 is 19.8 Å². The number of aliphatic carboxylic acids is 1. The van der Waals surface area contributed by atoms with E-state index < -0.39 is 63.1 Å². The average molecular weight is 492 g/mol. The number of amides is 2. The number of nitrogens with zero attached hydrogens (tertiary/aromatic N) is 4. The Balaban J connectivity index is 1.79. The molecule has 17 nitrogen and oxygen atoms in total. The van der Waals surface area contributed by atoms with Crippen LogP contribution in [0, 0.1) is 0 Å². The van der Waals surface area contributed by atoms with Crippen molar-refractivity contribution in [2.24, 2.45) is 0 Å².